The first-order valence-corrected chi connectivity index (χ1v) is 7.65. The Morgan fingerprint density at radius 3 is 2.21 bits per heavy atom. The number of pyridine rings is 1. The van der Waals surface area contributed by atoms with Crippen LogP contribution in [0.3, 0.4) is 0 Å². The van der Waals surface area contributed by atoms with Crippen LogP contribution in [-0.4, -0.2) is 37.2 Å². The Hall–Kier alpha value is -3.34. The Morgan fingerprint density at radius 1 is 0.958 bits per heavy atom. The molecule has 122 valence electrons. The lowest BCUT2D eigenvalue weighted by atomic mass is 10.2. The Kier molecular flexibility index (Phi) is 5.04. The van der Waals surface area contributed by atoms with E-state index in [0.717, 1.165) is 25.5 Å². The van der Waals surface area contributed by atoms with Gasteiger partial charge in [-0.05, 0) is 12.1 Å². The van der Waals surface area contributed by atoms with Crippen LogP contribution in [0.1, 0.15) is 5.56 Å². The van der Waals surface area contributed by atoms with E-state index < -0.39 is 0 Å². The van der Waals surface area contributed by atoms with Crippen LogP contribution in [0.15, 0.2) is 49.6 Å². The summed E-state index contributed by atoms with van der Waals surface area (Å²) in [5.41, 5.74) is 0.529. The lowest BCUT2D eigenvalue weighted by Gasteiger charge is -2.11. The van der Waals surface area contributed by atoms with E-state index in [1.54, 1.807) is 31.1 Å². The molecule has 2 N–H and O–H groups in total. The zero-order valence-electron chi connectivity index (χ0n) is 13.1. The fourth-order valence-corrected chi connectivity index (χ4v) is 2.24. The third-order valence-electron chi connectivity index (χ3n) is 3.47. The van der Waals surface area contributed by atoms with Crippen LogP contribution >= 0.6 is 0 Å². The number of nitrogens with zero attached hydrogens (tertiary/aromatic N) is 6. The van der Waals surface area contributed by atoms with E-state index >= 15 is 0 Å². The second-order valence-electron chi connectivity index (χ2n) is 5.16. The first kappa shape index (κ1) is 15.6. The van der Waals surface area contributed by atoms with Gasteiger partial charge < -0.3 is 19.8 Å². The Balaban J connectivity index is 1.56. The normalized spacial score (nSPS) is 10.3. The average molecular weight is 322 g/mol. The van der Waals surface area contributed by atoms with Crippen LogP contribution in [0.2, 0.25) is 0 Å². The molecule has 0 atom stereocenters. The first-order chi connectivity index (χ1) is 11.8. The molecule has 0 aliphatic carbocycles. The molecular weight excluding hydrogens is 304 g/mol. The van der Waals surface area contributed by atoms with Crippen molar-refractivity contribution in [3.63, 3.8) is 0 Å². The number of imidazole rings is 2. The molecule has 3 rings (SSSR count). The molecule has 0 aromatic carbocycles. The molecule has 8 heteroatoms. The molecule has 0 saturated heterocycles. The maximum Gasteiger partial charge on any atom is 0.146 e. The fraction of sp³-hybridized carbons (Fsp3) is 0.250. The highest BCUT2D eigenvalue weighted by molar-refractivity contribution is 5.56. The molecule has 8 nitrogen and oxygen atoms in total. The molecule has 0 spiro atoms. The number of rotatable bonds is 8. The smallest absolute Gasteiger partial charge is 0.146 e. The molecule has 3 aromatic heterocycles. The Bertz CT molecular complexity index is 786. The van der Waals surface area contributed by atoms with Gasteiger partial charge >= 0.3 is 0 Å². The van der Waals surface area contributed by atoms with E-state index in [4.69, 9.17) is 0 Å². The van der Waals surface area contributed by atoms with Crippen molar-refractivity contribution in [1.29, 1.82) is 5.26 Å². The van der Waals surface area contributed by atoms with Gasteiger partial charge in [-0.2, -0.15) is 5.26 Å². The van der Waals surface area contributed by atoms with Crippen molar-refractivity contribution in [2.75, 3.05) is 23.7 Å². The number of hydrogen-bond donors (Lipinski definition) is 2. The van der Waals surface area contributed by atoms with Gasteiger partial charge in [0.05, 0.1) is 18.2 Å². The summed E-state index contributed by atoms with van der Waals surface area (Å²) in [7, 11) is 0. The van der Waals surface area contributed by atoms with Gasteiger partial charge in [0, 0.05) is 51.0 Å². The lowest BCUT2D eigenvalue weighted by molar-refractivity contribution is 0.722. The molecule has 0 aliphatic heterocycles. The second-order valence-corrected chi connectivity index (χ2v) is 5.16. The number of anilines is 2. The predicted molar refractivity (Wildman–Crippen MR) is 90.4 cm³/mol. The van der Waals surface area contributed by atoms with Crippen LogP contribution in [0.25, 0.3) is 0 Å². The second kappa shape index (κ2) is 7.78. The zero-order valence-corrected chi connectivity index (χ0v) is 13.1. The molecule has 0 radical (unpaired) electrons. The third kappa shape index (κ3) is 4.10. The van der Waals surface area contributed by atoms with Gasteiger partial charge in [-0.15, -0.1) is 0 Å². The van der Waals surface area contributed by atoms with Crippen molar-refractivity contribution in [2.45, 2.75) is 13.1 Å². The van der Waals surface area contributed by atoms with Gasteiger partial charge in [-0.25, -0.2) is 15.0 Å². The van der Waals surface area contributed by atoms with Crippen LogP contribution in [0.5, 0.6) is 0 Å². The Morgan fingerprint density at radius 2 is 1.62 bits per heavy atom. The monoisotopic (exact) mass is 322 g/mol. The highest BCUT2D eigenvalue weighted by Crippen LogP contribution is 2.15. The van der Waals surface area contributed by atoms with Gasteiger partial charge in [0.15, 0.2) is 0 Å². The minimum absolute atomic E-state index is 0.529. The summed E-state index contributed by atoms with van der Waals surface area (Å²) in [4.78, 5) is 12.5. The lowest BCUT2D eigenvalue weighted by Crippen LogP contribution is -2.13. The average Bonchev–Trinajstić information content (AvgIpc) is 3.29. The molecule has 3 aromatic rings. The summed E-state index contributed by atoms with van der Waals surface area (Å²) in [5, 5.41) is 15.7. The van der Waals surface area contributed by atoms with E-state index in [9.17, 15) is 5.26 Å². The van der Waals surface area contributed by atoms with Crippen molar-refractivity contribution in [1.82, 2.24) is 24.1 Å². The topological polar surface area (TPSA) is 96.4 Å². The molecule has 0 fully saturated rings. The summed E-state index contributed by atoms with van der Waals surface area (Å²) >= 11 is 0. The number of nitrogens with one attached hydrogen (secondary N) is 2. The minimum Gasteiger partial charge on any atom is -0.368 e. The molecule has 0 aliphatic rings. The van der Waals surface area contributed by atoms with E-state index in [1.807, 2.05) is 27.6 Å². The summed E-state index contributed by atoms with van der Waals surface area (Å²) in [6, 6.07) is 5.74. The fourth-order valence-electron chi connectivity index (χ4n) is 2.24. The quantitative estimate of drug-likeness (QED) is 0.653. The summed E-state index contributed by atoms with van der Waals surface area (Å²) in [5.74, 6) is 1.32. The molecule has 0 bridgehead atoms. The highest BCUT2D eigenvalue weighted by atomic mass is 15.1. The van der Waals surface area contributed by atoms with E-state index in [2.05, 4.69) is 31.7 Å². The molecule has 0 saturated carbocycles. The van der Waals surface area contributed by atoms with Gasteiger partial charge in [-0.3, -0.25) is 0 Å². The standard InChI is InChI=1S/C16H18N8/c17-11-14-1-2-15(20-5-9-23-7-3-18-12-23)22-16(14)21-6-10-24-8-4-19-13-24/h1-4,7-8,12-13H,5-6,9-10H2,(H2,20,21,22). The third-order valence-corrected chi connectivity index (χ3v) is 3.47. The van der Waals surface area contributed by atoms with E-state index in [1.165, 1.54) is 0 Å². The van der Waals surface area contributed by atoms with Crippen LogP contribution in [0.4, 0.5) is 11.6 Å². The molecule has 24 heavy (non-hydrogen) atoms. The van der Waals surface area contributed by atoms with Crippen molar-refractivity contribution >= 4 is 11.6 Å². The van der Waals surface area contributed by atoms with Gasteiger partial charge in [0.25, 0.3) is 0 Å². The SMILES string of the molecule is N#Cc1ccc(NCCn2ccnc2)nc1NCCn1ccnc1. The van der Waals surface area contributed by atoms with Crippen molar-refractivity contribution in [3.05, 3.63) is 55.1 Å². The van der Waals surface area contributed by atoms with Crippen molar-refractivity contribution in [2.24, 2.45) is 0 Å². The minimum atomic E-state index is 0.529. The van der Waals surface area contributed by atoms with Gasteiger partial charge in [0.2, 0.25) is 0 Å². The zero-order chi connectivity index (χ0) is 16.6. The van der Waals surface area contributed by atoms with Crippen molar-refractivity contribution < 1.29 is 0 Å². The number of aromatic nitrogens is 5. The highest BCUT2D eigenvalue weighted by Gasteiger charge is 2.05. The Labute approximate surface area is 139 Å². The molecule has 3 heterocycles. The van der Waals surface area contributed by atoms with Crippen LogP contribution in [-0.2, 0) is 13.1 Å². The maximum absolute atomic E-state index is 9.22. The molecule has 0 unspecified atom stereocenters. The van der Waals surface area contributed by atoms with Crippen molar-refractivity contribution in [3.8, 4) is 6.07 Å². The largest absolute Gasteiger partial charge is 0.368 e. The summed E-state index contributed by atoms with van der Waals surface area (Å²) < 4.78 is 3.95. The molecule has 0 amide bonds. The van der Waals surface area contributed by atoms with Gasteiger partial charge in [0.1, 0.15) is 17.7 Å². The summed E-state index contributed by atoms with van der Waals surface area (Å²) in [6.45, 7) is 2.94. The number of nitriles is 1. The molecular formula is C16H18N8. The summed E-state index contributed by atoms with van der Waals surface area (Å²) in [6.07, 6.45) is 10.8. The maximum atomic E-state index is 9.22. The van der Waals surface area contributed by atoms with E-state index in [-0.39, 0.29) is 0 Å². The van der Waals surface area contributed by atoms with Crippen LogP contribution < -0.4 is 10.6 Å². The first-order valence-electron chi connectivity index (χ1n) is 7.65. The van der Waals surface area contributed by atoms with Gasteiger partial charge in [-0.1, -0.05) is 0 Å². The van der Waals surface area contributed by atoms with Crippen LogP contribution in [0, 0.1) is 11.3 Å². The van der Waals surface area contributed by atoms with E-state index in [0.29, 0.717) is 17.9 Å². The predicted octanol–water partition coefficient (Wildman–Crippen LogP) is 1.57. The number of hydrogen-bond acceptors (Lipinski definition) is 6.